The minimum absolute atomic E-state index is 0.817. The Morgan fingerprint density at radius 1 is 1.32 bits per heavy atom. The molecule has 1 N–H and O–H groups in total. The molecule has 0 saturated carbocycles. The maximum Gasteiger partial charge on any atom is 0.123 e. The molecule has 0 fully saturated rings. The predicted molar refractivity (Wildman–Crippen MR) is 76.3 cm³/mol. The van der Waals surface area contributed by atoms with Gasteiger partial charge in [0.2, 0.25) is 0 Å². The van der Waals surface area contributed by atoms with Crippen molar-refractivity contribution >= 4 is 0 Å². The van der Waals surface area contributed by atoms with Crippen molar-refractivity contribution in [1.29, 1.82) is 0 Å². The van der Waals surface area contributed by atoms with Crippen LogP contribution in [0.1, 0.15) is 16.8 Å². The lowest BCUT2D eigenvalue weighted by Crippen LogP contribution is -2.17. The van der Waals surface area contributed by atoms with Crippen LogP contribution in [-0.2, 0) is 20.0 Å². The van der Waals surface area contributed by atoms with Crippen LogP contribution >= 0.6 is 0 Å². The second kappa shape index (κ2) is 6.38. The van der Waals surface area contributed by atoms with Crippen molar-refractivity contribution in [2.75, 3.05) is 13.7 Å². The van der Waals surface area contributed by atoms with Crippen molar-refractivity contribution in [3.05, 3.63) is 47.3 Å². The first-order chi connectivity index (χ1) is 9.19. The van der Waals surface area contributed by atoms with Gasteiger partial charge in [-0.15, -0.1) is 0 Å². The highest BCUT2D eigenvalue weighted by molar-refractivity contribution is 5.36. The molecule has 2 aromatic rings. The van der Waals surface area contributed by atoms with Crippen LogP contribution < -0.4 is 10.1 Å². The summed E-state index contributed by atoms with van der Waals surface area (Å²) in [6, 6.07) is 8.29. The Hall–Kier alpha value is -1.81. The Morgan fingerprint density at radius 3 is 2.84 bits per heavy atom. The fourth-order valence-electron chi connectivity index (χ4n) is 2.08. The summed E-state index contributed by atoms with van der Waals surface area (Å²) < 4.78 is 7.20. The van der Waals surface area contributed by atoms with Crippen LogP contribution in [0.5, 0.6) is 5.75 Å². The number of hydrogen-bond acceptors (Lipinski definition) is 3. The van der Waals surface area contributed by atoms with E-state index in [-0.39, 0.29) is 0 Å². The molecule has 0 radical (unpaired) electrons. The second-order valence-electron chi connectivity index (χ2n) is 4.72. The van der Waals surface area contributed by atoms with E-state index in [1.165, 1.54) is 11.1 Å². The molecule has 0 bridgehead atoms. The normalized spacial score (nSPS) is 10.7. The van der Waals surface area contributed by atoms with Gasteiger partial charge in [-0.25, -0.2) is 0 Å². The largest absolute Gasteiger partial charge is 0.496 e. The first-order valence-corrected chi connectivity index (χ1v) is 6.52. The van der Waals surface area contributed by atoms with Crippen molar-refractivity contribution in [2.45, 2.75) is 19.9 Å². The number of ether oxygens (including phenoxy) is 1. The van der Waals surface area contributed by atoms with Gasteiger partial charge in [0.25, 0.3) is 0 Å². The zero-order valence-corrected chi connectivity index (χ0v) is 11.8. The van der Waals surface area contributed by atoms with E-state index in [9.17, 15) is 0 Å². The number of benzene rings is 1. The van der Waals surface area contributed by atoms with Crippen LogP contribution in [-0.4, -0.2) is 23.4 Å². The van der Waals surface area contributed by atoms with Crippen molar-refractivity contribution in [2.24, 2.45) is 7.05 Å². The molecule has 102 valence electrons. The molecule has 2 rings (SSSR count). The van der Waals surface area contributed by atoms with Crippen molar-refractivity contribution in [3.63, 3.8) is 0 Å². The van der Waals surface area contributed by atoms with Gasteiger partial charge in [0.15, 0.2) is 0 Å². The van der Waals surface area contributed by atoms with Gasteiger partial charge in [0.05, 0.1) is 12.8 Å². The Bertz CT molecular complexity index is 534. The molecule has 0 aliphatic heterocycles. The van der Waals surface area contributed by atoms with Gasteiger partial charge in [0, 0.05) is 38.3 Å². The molecular formula is C15H21N3O. The van der Waals surface area contributed by atoms with Gasteiger partial charge in [-0.05, 0) is 19.1 Å². The molecule has 1 aromatic carbocycles. The minimum Gasteiger partial charge on any atom is -0.496 e. The Kier molecular flexibility index (Phi) is 4.58. The summed E-state index contributed by atoms with van der Waals surface area (Å²) in [5.74, 6) is 0.941. The van der Waals surface area contributed by atoms with Crippen LogP contribution in [0.3, 0.4) is 0 Å². The highest BCUT2D eigenvalue weighted by Crippen LogP contribution is 2.19. The van der Waals surface area contributed by atoms with E-state index in [1.807, 2.05) is 24.0 Å². The van der Waals surface area contributed by atoms with E-state index in [4.69, 9.17) is 4.74 Å². The van der Waals surface area contributed by atoms with Gasteiger partial charge in [-0.2, -0.15) is 5.10 Å². The summed E-state index contributed by atoms with van der Waals surface area (Å²) in [5.41, 5.74) is 3.57. The smallest absolute Gasteiger partial charge is 0.123 e. The summed E-state index contributed by atoms with van der Waals surface area (Å²) in [6.07, 6.45) is 2.91. The Labute approximate surface area is 114 Å². The fourth-order valence-corrected chi connectivity index (χ4v) is 2.08. The molecule has 0 aliphatic carbocycles. The van der Waals surface area contributed by atoms with Gasteiger partial charge in [-0.1, -0.05) is 17.7 Å². The lowest BCUT2D eigenvalue weighted by atomic mass is 10.1. The van der Waals surface area contributed by atoms with Gasteiger partial charge in [-0.3, -0.25) is 4.68 Å². The zero-order valence-electron chi connectivity index (χ0n) is 11.8. The zero-order chi connectivity index (χ0) is 13.7. The molecule has 4 nitrogen and oxygen atoms in total. The first-order valence-electron chi connectivity index (χ1n) is 6.52. The van der Waals surface area contributed by atoms with Crippen molar-refractivity contribution in [1.82, 2.24) is 15.1 Å². The fraction of sp³-hybridized carbons (Fsp3) is 0.400. The lowest BCUT2D eigenvalue weighted by molar-refractivity contribution is 0.407. The molecule has 0 atom stereocenters. The molecule has 0 unspecified atom stereocenters. The molecule has 0 amide bonds. The highest BCUT2D eigenvalue weighted by atomic mass is 16.5. The van der Waals surface area contributed by atoms with E-state index in [2.05, 4.69) is 35.5 Å². The number of rotatable bonds is 6. The maximum atomic E-state index is 5.36. The van der Waals surface area contributed by atoms with E-state index in [0.717, 1.165) is 31.0 Å². The van der Waals surface area contributed by atoms with Crippen molar-refractivity contribution < 1.29 is 4.74 Å². The number of methoxy groups -OCH3 is 1. The van der Waals surface area contributed by atoms with Crippen molar-refractivity contribution in [3.8, 4) is 5.75 Å². The lowest BCUT2D eigenvalue weighted by Gasteiger charge is -2.10. The summed E-state index contributed by atoms with van der Waals surface area (Å²) >= 11 is 0. The monoisotopic (exact) mass is 259 g/mol. The van der Waals surface area contributed by atoms with Gasteiger partial charge >= 0.3 is 0 Å². The van der Waals surface area contributed by atoms with Crippen LogP contribution in [0.4, 0.5) is 0 Å². The summed E-state index contributed by atoms with van der Waals surface area (Å²) in [6.45, 7) is 3.82. The molecule has 0 saturated heterocycles. The summed E-state index contributed by atoms with van der Waals surface area (Å²) in [5, 5.41) is 7.79. The minimum atomic E-state index is 0.817. The number of nitrogens with one attached hydrogen (secondary N) is 1. The van der Waals surface area contributed by atoms with Crippen LogP contribution in [0.2, 0.25) is 0 Å². The molecule has 0 spiro atoms. The number of hydrogen-bond donors (Lipinski definition) is 1. The standard InChI is InChI=1S/C15H21N3O/c1-12-4-5-15(19-3)13(10-12)11-16-8-6-14-7-9-18(2)17-14/h4-5,7,9-10,16H,6,8,11H2,1-3H3. The topological polar surface area (TPSA) is 39.1 Å². The van der Waals surface area contributed by atoms with Crippen LogP contribution in [0, 0.1) is 6.92 Å². The van der Waals surface area contributed by atoms with E-state index < -0.39 is 0 Å². The van der Waals surface area contributed by atoms with Crippen LogP contribution in [0.15, 0.2) is 30.5 Å². The third-order valence-corrected chi connectivity index (χ3v) is 3.08. The van der Waals surface area contributed by atoms with E-state index in [0.29, 0.717) is 0 Å². The number of aromatic nitrogens is 2. The van der Waals surface area contributed by atoms with E-state index in [1.54, 1.807) is 7.11 Å². The third kappa shape index (κ3) is 3.83. The SMILES string of the molecule is COc1ccc(C)cc1CNCCc1ccn(C)n1. The number of aryl methyl sites for hydroxylation is 2. The second-order valence-corrected chi connectivity index (χ2v) is 4.72. The van der Waals surface area contributed by atoms with Crippen LogP contribution in [0.25, 0.3) is 0 Å². The average molecular weight is 259 g/mol. The Morgan fingerprint density at radius 2 is 2.16 bits per heavy atom. The molecule has 1 heterocycles. The predicted octanol–water partition coefficient (Wildman–Crippen LogP) is 2.07. The molecule has 0 aliphatic rings. The molecule has 1 aromatic heterocycles. The van der Waals surface area contributed by atoms with Gasteiger partial charge in [0.1, 0.15) is 5.75 Å². The highest BCUT2D eigenvalue weighted by Gasteiger charge is 2.03. The number of nitrogens with zero attached hydrogens (tertiary/aromatic N) is 2. The summed E-state index contributed by atoms with van der Waals surface area (Å²) in [7, 11) is 3.65. The maximum absolute atomic E-state index is 5.36. The summed E-state index contributed by atoms with van der Waals surface area (Å²) in [4.78, 5) is 0. The van der Waals surface area contributed by atoms with E-state index >= 15 is 0 Å². The first kappa shape index (κ1) is 13.6. The third-order valence-electron chi connectivity index (χ3n) is 3.08. The average Bonchev–Trinajstić information content (AvgIpc) is 2.81. The Balaban J connectivity index is 1.83. The molecule has 19 heavy (non-hydrogen) atoms. The quantitative estimate of drug-likeness (QED) is 0.807. The van der Waals surface area contributed by atoms with Gasteiger partial charge < -0.3 is 10.1 Å². The molecular weight excluding hydrogens is 238 g/mol. The molecule has 4 heteroatoms.